The van der Waals surface area contributed by atoms with Crippen molar-refractivity contribution >= 4 is 11.3 Å². The standard InChI is InChI=1S/C11H18O2S/c1-4-9-5-6-10(14-9)7-11(2,12)8-13-3/h5-6,12H,4,7-8H2,1-3H3. The van der Waals surface area contributed by atoms with Crippen LogP contribution in [-0.2, 0) is 17.6 Å². The quantitative estimate of drug-likeness (QED) is 0.814. The summed E-state index contributed by atoms with van der Waals surface area (Å²) in [6.45, 7) is 4.33. The highest BCUT2D eigenvalue weighted by Crippen LogP contribution is 2.22. The lowest BCUT2D eigenvalue weighted by Gasteiger charge is -2.21. The van der Waals surface area contributed by atoms with Gasteiger partial charge >= 0.3 is 0 Å². The normalized spacial score (nSPS) is 15.4. The van der Waals surface area contributed by atoms with E-state index in [-0.39, 0.29) is 0 Å². The van der Waals surface area contributed by atoms with Gasteiger partial charge in [-0.05, 0) is 25.5 Å². The average molecular weight is 214 g/mol. The van der Waals surface area contributed by atoms with Crippen molar-refractivity contribution in [1.29, 1.82) is 0 Å². The molecule has 0 bridgehead atoms. The monoisotopic (exact) mass is 214 g/mol. The van der Waals surface area contributed by atoms with E-state index in [1.165, 1.54) is 9.75 Å². The van der Waals surface area contributed by atoms with Crippen LogP contribution in [0.1, 0.15) is 23.6 Å². The summed E-state index contributed by atoms with van der Waals surface area (Å²) in [5, 5.41) is 9.93. The summed E-state index contributed by atoms with van der Waals surface area (Å²) in [4.78, 5) is 2.59. The largest absolute Gasteiger partial charge is 0.387 e. The van der Waals surface area contributed by atoms with Crippen LogP contribution in [0.15, 0.2) is 12.1 Å². The second kappa shape index (κ2) is 4.91. The van der Waals surface area contributed by atoms with Gasteiger partial charge in [0.15, 0.2) is 0 Å². The third-order valence-corrected chi connectivity index (χ3v) is 3.31. The number of hydrogen-bond acceptors (Lipinski definition) is 3. The maximum Gasteiger partial charge on any atom is 0.0899 e. The molecule has 1 rings (SSSR count). The van der Waals surface area contributed by atoms with Crippen molar-refractivity contribution in [3.05, 3.63) is 21.9 Å². The van der Waals surface area contributed by atoms with Crippen molar-refractivity contribution < 1.29 is 9.84 Å². The predicted molar refractivity (Wildman–Crippen MR) is 59.9 cm³/mol. The molecule has 3 heteroatoms. The molecule has 80 valence electrons. The second-order valence-corrected chi connectivity index (χ2v) is 5.08. The predicted octanol–water partition coefficient (Wildman–Crippen LogP) is 2.25. The van der Waals surface area contributed by atoms with Gasteiger partial charge < -0.3 is 9.84 Å². The summed E-state index contributed by atoms with van der Waals surface area (Å²) in [6, 6.07) is 4.22. The molecule has 1 aromatic heterocycles. The van der Waals surface area contributed by atoms with Gasteiger partial charge in [0, 0.05) is 23.3 Å². The number of hydrogen-bond donors (Lipinski definition) is 1. The Morgan fingerprint density at radius 3 is 2.57 bits per heavy atom. The molecule has 1 N–H and O–H groups in total. The molecular weight excluding hydrogens is 196 g/mol. The minimum atomic E-state index is -0.745. The summed E-state index contributed by atoms with van der Waals surface area (Å²) in [5.74, 6) is 0. The molecule has 2 nitrogen and oxygen atoms in total. The van der Waals surface area contributed by atoms with E-state index in [1.807, 2.05) is 6.92 Å². The maximum absolute atomic E-state index is 9.93. The van der Waals surface area contributed by atoms with Gasteiger partial charge in [0.1, 0.15) is 0 Å². The van der Waals surface area contributed by atoms with Gasteiger partial charge in [-0.1, -0.05) is 6.92 Å². The number of methoxy groups -OCH3 is 1. The number of thiophene rings is 1. The van der Waals surface area contributed by atoms with Crippen LogP contribution in [0.4, 0.5) is 0 Å². The SMILES string of the molecule is CCc1ccc(CC(C)(O)COC)s1. The van der Waals surface area contributed by atoms with Crippen LogP contribution < -0.4 is 0 Å². The van der Waals surface area contributed by atoms with Gasteiger partial charge in [-0.15, -0.1) is 11.3 Å². The lowest BCUT2D eigenvalue weighted by atomic mass is 10.0. The van der Waals surface area contributed by atoms with Crippen molar-refractivity contribution in [2.45, 2.75) is 32.3 Å². The highest BCUT2D eigenvalue weighted by atomic mass is 32.1. The number of aryl methyl sites for hydroxylation is 1. The maximum atomic E-state index is 9.93. The Morgan fingerprint density at radius 1 is 1.43 bits per heavy atom. The highest BCUT2D eigenvalue weighted by molar-refractivity contribution is 7.12. The molecule has 0 aliphatic rings. The summed E-state index contributed by atoms with van der Waals surface area (Å²) >= 11 is 1.77. The van der Waals surface area contributed by atoms with Crippen molar-refractivity contribution in [1.82, 2.24) is 0 Å². The first kappa shape index (κ1) is 11.7. The fourth-order valence-corrected chi connectivity index (χ4v) is 2.58. The molecule has 0 spiro atoms. The van der Waals surface area contributed by atoms with Crippen LogP contribution in [0.3, 0.4) is 0 Å². The first-order valence-electron chi connectivity index (χ1n) is 4.86. The molecule has 0 aliphatic carbocycles. The van der Waals surface area contributed by atoms with E-state index in [0.29, 0.717) is 13.0 Å². The van der Waals surface area contributed by atoms with Gasteiger partial charge in [0.2, 0.25) is 0 Å². The summed E-state index contributed by atoms with van der Waals surface area (Å²) in [6.07, 6.45) is 1.74. The molecule has 1 unspecified atom stereocenters. The van der Waals surface area contributed by atoms with Crippen molar-refractivity contribution in [3.8, 4) is 0 Å². The smallest absolute Gasteiger partial charge is 0.0899 e. The summed E-state index contributed by atoms with van der Waals surface area (Å²) in [5.41, 5.74) is -0.745. The van der Waals surface area contributed by atoms with E-state index in [2.05, 4.69) is 19.1 Å². The fraction of sp³-hybridized carbons (Fsp3) is 0.636. The zero-order valence-corrected chi connectivity index (χ0v) is 9.86. The van der Waals surface area contributed by atoms with Crippen LogP contribution in [-0.4, -0.2) is 24.4 Å². The molecule has 1 atom stereocenters. The fourth-order valence-electron chi connectivity index (χ4n) is 1.44. The van der Waals surface area contributed by atoms with Crippen LogP contribution in [0.2, 0.25) is 0 Å². The van der Waals surface area contributed by atoms with E-state index in [1.54, 1.807) is 18.4 Å². The topological polar surface area (TPSA) is 29.5 Å². The van der Waals surface area contributed by atoms with Gasteiger partial charge in [0.05, 0.1) is 12.2 Å². The van der Waals surface area contributed by atoms with E-state index < -0.39 is 5.60 Å². The molecule has 0 amide bonds. The molecule has 0 fully saturated rings. The van der Waals surface area contributed by atoms with E-state index in [0.717, 1.165) is 6.42 Å². The number of aliphatic hydroxyl groups is 1. The molecule has 0 radical (unpaired) electrons. The Bertz CT molecular complexity index is 279. The minimum Gasteiger partial charge on any atom is -0.387 e. The van der Waals surface area contributed by atoms with Gasteiger partial charge in [-0.25, -0.2) is 0 Å². The summed E-state index contributed by atoms with van der Waals surface area (Å²) < 4.78 is 4.97. The third kappa shape index (κ3) is 3.40. The van der Waals surface area contributed by atoms with Gasteiger partial charge in [-0.2, -0.15) is 0 Å². The lowest BCUT2D eigenvalue weighted by Crippen LogP contribution is -2.32. The first-order chi connectivity index (χ1) is 6.57. The number of ether oxygens (including phenoxy) is 1. The Labute approximate surface area is 89.5 Å². The van der Waals surface area contributed by atoms with Crippen molar-refractivity contribution in [3.63, 3.8) is 0 Å². The van der Waals surface area contributed by atoms with E-state index in [4.69, 9.17) is 4.74 Å². The number of rotatable bonds is 5. The van der Waals surface area contributed by atoms with E-state index in [9.17, 15) is 5.11 Å². The lowest BCUT2D eigenvalue weighted by molar-refractivity contribution is -0.0155. The van der Waals surface area contributed by atoms with Crippen LogP contribution >= 0.6 is 11.3 Å². The zero-order valence-electron chi connectivity index (χ0n) is 9.04. The van der Waals surface area contributed by atoms with Crippen LogP contribution in [0.25, 0.3) is 0 Å². The highest BCUT2D eigenvalue weighted by Gasteiger charge is 2.21. The van der Waals surface area contributed by atoms with Gasteiger partial charge in [0.25, 0.3) is 0 Å². The molecule has 0 aliphatic heterocycles. The van der Waals surface area contributed by atoms with E-state index >= 15 is 0 Å². The van der Waals surface area contributed by atoms with Crippen molar-refractivity contribution in [2.24, 2.45) is 0 Å². The molecule has 0 saturated heterocycles. The Hall–Kier alpha value is -0.380. The molecular formula is C11H18O2S. The Kier molecular flexibility index (Phi) is 4.11. The van der Waals surface area contributed by atoms with Crippen LogP contribution in [0.5, 0.6) is 0 Å². The molecule has 1 aromatic rings. The third-order valence-electron chi connectivity index (χ3n) is 2.08. The molecule has 1 heterocycles. The average Bonchev–Trinajstić information content (AvgIpc) is 2.51. The molecule has 0 aromatic carbocycles. The van der Waals surface area contributed by atoms with Crippen molar-refractivity contribution in [2.75, 3.05) is 13.7 Å². The molecule has 0 saturated carbocycles. The minimum absolute atomic E-state index is 0.381. The molecule has 14 heavy (non-hydrogen) atoms. The van der Waals surface area contributed by atoms with Crippen LogP contribution in [0, 0.1) is 0 Å². The first-order valence-corrected chi connectivity index (χ1v) is 5.68. The zero-order chi connectivity index (χ0) is 10.6. The Morgan fingerprint density at radius 2 is 2.07 bits per heavy atom. The second-order valence-electron chi connectivity index (χ2n) is 3.83. The van der Waals surface area contributed by atoms with Gasteiger partial charge in [-0.3, -0.25) is 0 Å². The Balaban J connectivity index is 2.58. The summed E-state index contributed by atoms with van der Waals surface area (Å²) in [7, 11) is 1.61.